The van der Waals surface area contributed by atoms with Gasteiger partial charge >= 0.3 is 6.03 Å². The molecule has 7 heteroatoms. The summed E-state index contributed by atoms with van der Waals surface area (Å²) in [6, 6.07) is 25.2. The molecule has 172 valence electrons. The van der Waals surface area contributed by atoms with Crippen LogP contribution >= 0.6 is 27.5 Å². The summed E-state index contributed by atoms with van der Waals surface area (Å²) < 4.78 is 0.970. The number of urea groups is 1. The van der Waals surface area contributed by atoms with Crippen molar-refractivity contribution in [3.05, 3.63) is 117 Å². The normalized spacial score (nSPS) is 15.1. The topological polar surface area (TPSA) is 66.5 Å². The minimum Gasteiger partial charge on any atom is -0.273 e. The third-order valence-corrected chi connectivity index (χ3v) is 6.90. The second-order valence-corrected chi connectivity index (χ2v) is 9.35. The number of imide groups is 2. The van der Waals surface area contributed by atoms with Gasteiger partial charge in [-0.05, 0) is 70.3 Å². The number of rotatable bonds is 4. The highest BCUT2D eigenvalue weighted by Crippen LogP contribution is 2.30. The summed E-state index contributed by atoms with van der Waals surface area (Å²) in [7, 11) is 0. The maximum atomic E-state index is 13.4. The van der Waals surface area contributed by atoms with Crippen molar-refractivity contribution in [3.8, 4) is 0 Å². The number of fused-ring (bicyclic) bond motifs is 1. The zero-order valence-electron chi connectivity index (χ0n) is 18.3. The van der Waals surface area contributed by atoms with Crippen LogP contribution < -0.4 is 10.2 Å². The monoisotopic (exact) mass is 544 g/mol. The van der Waals surface area contributed by atoms with E-state index in [1.54, 1.807) is 30.3 Å². The van der Waals surface area contributed by atoms with Gasteiger partial charge in [0.2, 0.25) is 0 Å². The lowest BCUT2D eigenvalue weighted by Gasteiger charge is -2.26. The van der Waals surface area contributed by atoms with Gasteiger partial charge in [-0.25, -0.2) is 9.69 Å². The van der Waals surface area contributed by atoms with E-state index in [2.05, 4.69) is 21.2 Å². The van der Waals surface area contributed by atoms with Gasteiger partial charge in [0.05, 0.1) is 5.69 Å². The first-order chi connectivity index (χ1) is 16.9. The molecule has 35 heavy (non-hydrogen) atoms. The van der Waals surface area contributed by atoms with E-state index >= 15 is 0 Å². The zero-order valence-corrected chi connectivity index (χ0v) is 20.6. The summed E-state index contributed by atoms with van der Waals surface area (Å²) in [5, 5.41) is 4.64. The molecule has 0 aliphatic carbocycles. The molecule has 5 rings (SSSR count). The highest BCUT2D eigenvalue weighted by molar-refractivity contribution is 9.10. The maximum Gasteiger partial charge on any atom is 0.335 e. The summed E-state index contributed by atoms with van der Waals surface area (Å²) in [6.07, 6.45) is 2.17. The van der Waals surface area contributed by atoms with Gasteiger partial charge in [-0.3, -0.25) is 14.9 Å². The third kappa shape index (κ3) is 4.50. The third-order valence-electron chi connectivity index (χ3n) is 5.87. The molecule has 0 spiro atoms. The van der Waals surface area contributed by atoms with Crippen LogP contribution in [-0.2, 0) is 16.0 Å². The van der Waals surface area contributed by atoms with Crippen LogP contribution in [-0.4, -0.2) is 17.8 Å². The number of nitrogens with zero attached hydrogens (tertiary/aromatic N) is 1. The molecule has 0 bridgehead atoms. The van der Waals surface area contributed by atoms with Crippen LogP contribution in [0.25, 0.3) is 16.8 Å². The van der Waals surface area contributed by atoms with Crippen LogP contribution in [0.3, 0.4) is 0 Å². The summed E-state index contributed by atoms with van der Waals surface area (Å²) in [5.41, 5.74) is 2.96. The number of benzene rings is 4. The largest absolute Gasteiger partial charge is 0.335 e. The SMILES string of the molecule is O=C1NC(=O)N(c2ccc(Cl)cc2)C(=O)/C1=C/c1c(Cc2ccccc2Br)ccc2ccccc12. The van der Waals surface area contributed by atoms with Crippen LogP contribution in [0, 0.1) is 0 Å². The highest BCUT2D eigenvalue weighted by atomic mass is 79.9. The number of hydrogen-bond acceptors (Lipinski definition) is 3. The number of barbiturate groups is 1. The van der Waals surface area contributed by atoms with Gasteiger partial charge in [0, 0.05) is 9.50 Å². The zero-order chi connectivity index (χ0) is 24.5. The number of halogens is 2. The first-order valence-electron chi connectivity index (χ1n) is 10.8. The van der Waals surface area contributed by atoms with Gasteiger partial charge in [-0.1, -0.05) is 82.1 Å². The smallest absolute Gasteiger partial charge is 0.273 e. The van der Waals surface area contributed by atoms with E-state index in [0.29, 0.717) is 17.1 Å². The summed E-state index contributed by atoms with van der Waals surface area (Å²) in [4.78, 5) is 39.8. The number of hydrogen-bond donors (Lipinski definition) is 1. The molecule has 1 heterocycles. The average Bonchev–Trinajstić information content (AvgIpc) is 2.85. The second kappa shape index (κ2) is 9.49. The Labute approximate surface area is 215 Å². The molecule has 0 radical (unpaired) electrons. The van der Waals surface area contributed by atoms with Crippen molar-refractivity contribution in [2.24, 2.45) is 0 Å². The molecule has 5 nitrogen and oxygen atoms in total. The van der Waals surface area contributed by atoms with Crippen molar-refractivity contribution in [2.45, 2.75) is 6.42 Å². The standard InChI is InChI=1S/C28H18BrClN2O3/c29-25-8-4-2-6-19(25)15-18-10-9-17-5-1-3-7-22(17)23(18)16-24-26(33)31-28(35)32(27(24)34)21-13-11-20(30)12-14-21/h1-14,16H,15H2,(H,31,33,35)/b24-16+. The van der Waals surface area contributed by atoms with Crippen molar-refractivity contribution in [1.82, 2.24) is 5.32 Å². The Morgan fingerprint density at radius 2 is 1.54 bits per heavy atom. The molecule has 1 saturated heterocycles. The molecule has 0 saturated carbocycles. The minimum atomic E-state index is -0.800. The molecule has 4 aromatic carbocycles. The quantitative estimate of drug-likeness (QED) is 0.235. The number of nitrogens with one attached hydrogen (secondary N) is 1. The molecule has 1 fully saturated rings. The minimum absolute atomic E-state index is 0.121. The second-order valence-electron chi connectivity index (χ2n) is 8.06. The summed E-state index contributed by atoms with van der Waals surface area (Å²) in [6.45, 7) is 0. The number of anilines is 1. The van der Waals surface area contributed by atoms with E-state index in [9.17, 15) is 14.4 Å². The lowest BCUT2D eigenvalue weighted by molar-refractivity contribution is -0.122. The van der Waals surface area contributed by atoms with Gasteiger partial charge in [0.1, 0.15) is 5.57 Å². The summed E-state index contributed by atoms with van der Waals surface area (Å²) >= 11 is 9.56. The van der Waals surface area contributed by atoms with E-state index in [0.717, 1.165) is 36.8 Å². The van der Waals surface area contributed by atoms with Crippen molar-refractivity contribution in [1.29, 1.82) is 0 Å². The highest BCUT2D eigenvalue weighted by Gasteiger charge is 2.37. The predicted molar refractivity (Wildman–Crippen MR) is 141 cm³/mol. The Morgan fingerprint density at radius 1 is 0.829 bits per heavy atom. The molecule has 1 N–H and O–H groups in total. The Hall–Kier alpha value is -3.74. The van der Waals surface area contributed by atoms with Crippen LogP contribution in [0.15, 0.2) is 95.0 Å². The maximum absolute atomic E-state index is 13.4. The van der Waals surface area contributed by atoms with E-state index < -0.39 is 17.8 Å². The van der Waals surface area contributed by atoms with Crippen LogP contribution in [0.2, 0.25) is 5.02 Å². The van der Waals surface area contributed by atoms with E-state index in [1.807, 2.05) is 60.7 Å². The molecule has 0 unspecified atom stereocenters. The molecule has 0 aromatic heterocycles. The lowest BCUT2D eigenvalue weighted by Crippen LogP contribution is -2.54. The average molecular weight is 546 g/mol. The molecular formula is C28H18BrClN2O3. The molecule has 1 aliphatic rings. The fraction of sp³-hybridized carbons (Fsp3) is 0.0357. The van der Waals surface area contributed by atoms with Gasteiger partial charge in [0.15, 0.2) is 0 Å². The number of carbonyl (C=O) groups is 3. The van der Waals surface area contributed by atoms with Crippen molar-refractivity contribution < 1.29 is 14.4 Å². The van der Waals surface area contributed by atoms with E-state index in [4.69, 9.17) is 11.6 Å². The van der Waals surface area contributed by atoms with Gasteiger partial charge in [-0.2, -0.15) is 0 Å². The van der Waals surface area contributed by atoms with Crippen LogP contribution in [0.5, 0.6) is 0 Å². The first kappa shape index (κ1) is 23.0. The molecule has 1 aliphatic heterocycles. The lowest BCUT2D eigenvalue weighted by atomic mass is 9.92. The number of carbonyl (C=O) groups excluding carboxylic acids is 3. The van der Waals surface area contributed by atoms with Crippen molar-refractivity contribution in [3.63, 3.8) is 0 Å². The van der Waals surface area contributed by atoms with Gasteiger partial charge in [-0.15, -0.1) is 0 Å². The van der Waals surface area contributed by atoms with Crippen LogP contribution in [0.1, 0.15) is 16.7 Å². The summed E-state index contributed by atoms with van der Waals surface area (Å²) in [5.74, 6) is -1.43. The first-order valence-corrected chi connectivity index (χ1v) is 12.0. The van der Waals surface area contributed by atoms with Crippen molar-refractivity contribution in [2.75, 3.05) is 4.90 Å². The molecule has 4 amide bonds. The Bertz CT molecular complexity index is 1530. The van der Waals surface area contributed by atoms with Gasteiger partial charge in [0.25, 0.3) is 11.8 Å². The predicted octanol–water partition coefficient (Wildman–Crippen LogP) is 6.51. The van der Waals surface area contributed by atoms with Gasteiger partial charge < -0.3 is 0 Å². The molecule has 4 aromatic rings. The fourth-order valence-electron chi connectivity index (χ4n) is 4.14. The Kier molecular flexibility index (Phi) is 6.24. The van der Waals surface area contributed by atoms with Crippen molar-refractivity contribution >= 4 is 67.9 Å². The Balaban J connectivity index is 1.65. The fourth-order valence-corrected chi connectivity index (χ4v) is 4.69. The Morgan fingerprint density at radius 3 is 2.31 bits per heavy atom. The van der Waals surface area contributed by atoms with E-state index in [-0.39, 0.29) is 5.57 Å². The van der Waals surface area contributed by atoms with E-state index in [1.165, 1.54) is 0 Å². The van der Waals surface area contributed by atoms with Crippen LogP contribution in [0.4, 0.5) is 10.5 Å². The molecular weight excluding hydrogens is 528 g/mol. The number of amides is 4. The molecule has 0 atom stereocenters.